The maximum absolute atomic E-state index is 12.1. The molecule has 0 atom stereocenters. The second-order valence-electron chi connectivity index (χ2n) is 2.29. The number of halogens is 3. The second kappa shape index (κ2) is 3.33. The first-order chi connectivity index (χ1) is 5.89. The van der Waals surface area contributed by atoms with Gasteiger partial charge in [0.05, 0.1) is 13.5 Å². The molecule has 72 valence electrons. The molecule has 0 N–H and O–H groups in total. The molecule has 5 nitrogen and oxygen atoms in total. The van der Waals surface area contributed by atoms with E-state index in [-0.39, 0.29) is 5.82 Å². The zero-order valence-corrected chi connectivity index (χ0v) is 7.29. The SMILES string of the molecule is Cn1nnc(CC(=O)C(F)(F)Cl)n1. The van der Waals surface area contributed by atoms with Crippen LogP contribution < -0.4 is 0 Å². The van der Waals surface area contributed by atoms with E-state index in [1.165, 1.54) is 7.05 Å². The van der Waals surface area contributed by atoms with Gasteiger partial charge in [0.1, 0.15) is 0 Å². The maximum atomic E-state index is 12.1. The van der Waals surface area contributed by atoms with Gasteiger partial charge >= 0.3 is 5.38 Å². The average molecular weight is 211 g/mol. The van der Waals surface area contributed by atoms with E-state index in [0.717, 1.165) is 4.80 Å². The molecule has 0 spiro atoms. The summed E-state index contributed by atoms with van der Waals surface area (Å²) in [6, 6.07) is 0. The van der Waals surface area contributed by atoms with E-state index >= 15 is 0 Å². The molecular weight excluding hydrogens is 206 g/mol. The molecular formula is C5H5ClF2N4O. The van der Waals surface area contributed by atoms with E-state index in [9.17, 15) is 13.6 Å². The van der Waals surface area contributed by atoms with E-state index in [0.29, 0.717) is 0 Å². The maximum Gasteiger partial charge on any atom is 0.380 e. The summed E-state index contributed by atoms with van der Waals surface area (Å²) in [7, 11) is 1.46. The van der Waals surface area contributed by atoms with Gasteiger partial charge in [-0.25, -0.2) is 0 Å². The topological polar surface area (TPSA) is 60.7 Å². The first kappa shape index (κ1) is 9.97. The van der Waals surface area contributed by atoms with Gasteiger partial charge in [-0.1, -0.05) is 0 Å². The Morgan fingerprint density at radius 1 is 1.69 bits per heavy atom. The number of rotatable bonds is 3. The van der Waals surface area contributed by atoms with Crippen molar-refractivity contribution in [3.8, 4) is 0 Å². The molecule has 0 bridgehead atoms. The van der Waals surface area contributed by atoms with Crippen LogP contribution >= 0.6 is 11.6 Å². The van der Waals surface area contributed by atoms with Crippen LogP contribution in [0.1, 0.15) is 5.82 Å². The molecule has 1 aromatic heterocycles. The van der Waals surface area contributed by atoms with Gasteiger partial charge in [0, 0.05) is 0 Å². The Morgan fingerprint density at radius 3 is 2.69 bits per heavy atom. The van der Waals surface area contributed by atoms with Crippen LogP contribution in [0, 0.1) is 0 Å². The lowest BCUT2D eigenvalue weighted by molar-refractivity contribution is -0.132. The van der Waals surface area contributed by atoms with Gasteiger partial charge in [-0.2, -0.15) is 13.6 Å². The lowest BCUT2D eigenvalue weighted by Crippen LogP contribution is -2.23. The van der Waals surface area contributed by atoms with Crippen molar-refractivity contribution in [3.05, 3.63) is 5.82 Å². The van der Waals surface area contributed by atoms with Crippen molar-refractivity contribution in [2.24, 2.45) is 7.05 Å². The summed E-state index contributed by atoms with van der Waals surface area (Å²) in [6.07, 6.45) is -0.621. The normalized spacial score (nSPS) is 11.7. The molecule has 0 aliphatic rings. The molecule has 1 rings (SSSR count). The first-order valence-corrected chi connectivity index (χ1v) is 3.60. The van der Waals surface area contributed by atoms with Crippen molar-refractivity contribution < 1.29 is 13.6 Å². The summed E-state index contributed by atoms with van der Waals surface area (Å²) in [5, 5.41) is 6.41. The number of ketones is 1. The summed E-state index contributed by atoms with van der Waals surface area (Å²) in [4.78, 5) is 11.7. The number of alkyl halides is 3. The van der Waals surface area contributed by atoms with Crippen LogP contribution in [0.2, 0.25) is 0 Å². The Labute approximate surface area is 76.7 Å². The minimum atomic E-state index is -3.86. The smallest absolute Gasteiger partial charge is 0.291 e. The number of aromatic nitrogens is 4. The van der Waals surface area contributed by atoms with E-state index in [2.05, 4.69) is 27.0 Å². The van der Waals surface area contributed by atoms with Crippen LogP contribution in [0.15, 0.2) is 0 Å². The van der Waals surface area contributed by atoms with E-state index in [1.807, 2.05) is 0 Å². The average Bonchev–Trinajstić information content (AvgIpc) is 2.33. The highest BCUT2D eigenvalue weighted by molar-refractivity contribution is 6.32. The fourth-order valence-corrected chi connectivity index (χ4v) is 0.705. The largest absolute Gasteiger partial charge is 0.380 e. The molecule has 0 saturated carbocycles. The van der Waals surface area contributed by atoms with Gasteiger partial charge in [-0.3, -0.25) is 4.79 Å². The van der Waals surface area contributed by atoms with Crippen molar-refractivity contribution in [3.63, 3.8) is 0 Å². The lowest BCUT2D eigenvalue weighted by Gasteiger charge is -2.02. The van der Waals surface area contributed by atoms with Crippen LogP contribution in [-0.2, 0) is 18.3 Å². The molecule has 0 amide bonds. The van der Waals surface area contributed by atoms with Gasteiger partial charge in [-0.15, -0.1) is 10.2 Å². The molecule has 13 heavy (non-hydrogen) atoms. The number of nitrogens with zero attached hydrogens (tertiary/aromatic N) is 4. The molecule has 1 aromatic rings. The molecule has 0 fully saturated rings. The van der Waals surface area contributed by atoms with Gasteiger partial charge in [0.25, 0.3) is 0 Å². The predicted octanol–water partition coefficient (Wildman–Crippen LogP) is 0.153. The zero-order chi connectivity index (χ0) is 10.1. The molecule has 0 aliphatic carbocycles. The number of carbonyl (C=O) groups is 1. The fraction of sp³-hybridized carbons (Fsp3) is 0.600. The van der Waals surface area contributed by atoms with Crippen molar-refractivity contribution in [1.82, 2.24) is 20.2 Å². The molecule has 8 heteroatoms. The standard InChI is InChI=1S/C5H5ClF2N4O/c1-12-10-4(9-11-12)2-3(13)5(6,7)8/h2H2,1H3. The number of hydrogen-bond acceptors (Lipinski definition) is 4. The predicted molar refractivity (Wildman–Crippen MR) is 38.3 cm³/mol. The number of Topliss-reactive ketones (excluding diaryl/α,β-unsaturated/α-hetero) is 1. The van der Waals surface area contributed by atoms with Gasteiger partial charge in [0.2, 0.25) is 5.78 Å². The third-order valence-electron chi connectivity index (χ3n) is 1.18. The second-order valence-corrected chi connectivity index (χ2v) is 2.77. The van der Waals surface area contributed by atoms with Crippen LogP contribution in [0.25, 0.3) is 0 Å². The highest BCUT2D eigenvalue weighted by atomic mass is 35.5. The van der Waals surface area contributed by atoms with E-state index < -0.39 is 17.6 Å². The Balaban J connectivity index is 2.65. The Kier molecular flexibility index (Phi) is 2.55. The van der Waals surface area contributed by atoms with Gasteiger partial charge in [-0.05, 0) is 16.8 Å². The summed E-state index contributed by atoms with van der Waals surface area (Å²) < 4.78 is 24.3. The van der Waals surface area contributed by atoms with Crippen molar-refractivity contribution >= 4 is 17.4 Å². The minimum absolute atomic E-state index is 0.0761. The third kappa shape index (κ3) is 2.69. The Hall–Kier alpha value is -1.11. The molecule has 0 saturated heterocycles. The quantitative estimate of drug-likeness (QED) is 0.667. The zero-order valence-electron chi connectivity index (χ0n) is 6.54. The van der Waals surface area contributed by atoms with E-state index in [1.54, 1.807) is 0 Å². The van der Waals surface area contributed by atoms with Crippen molar-refractivity contribution in [2.45, 2.75) is 11.8 Å². The third-order valence-corrected chi connectivity index (χ3v) is 1.40. The number of aryl methyl sites for hydroxylation is 1. The summed E-state index contributed by atoms with van der Waals surface area (Å²) in [5.41, 5.74) is 0. The highest BCUT2D eigenvalue weighted by Crippen LogP contribution is 2.20. The Bertz CT molecular complexity index is 321. The molecule has 0 aliphatic heterocycles. The van der Waals surface area contributed by atoms with Crippen LogP contribution in [0.4, 0.5) is 8.78 Å². The van der Waals surface area contributed by atoms with Gasteiger partial charge < -0.3 is 0 Å². The fourth-order valence-electron chi connectivity index (χ4n) is 0.638. The molecule has 0 aromatic carbocycles. The van der Waals surface area contributed by atoms with Crippen molar-refractivity contribution in [2.75, 3.05) is 0 Å². The summed E-state index contributed by atoms with van der Waals surface area (Å²) in [6.45, 7) is 0. The summed E-state index contributed by atoms with van der Waals surface area (Å²) >= 11 is 4.47. The van der Waals surface area contributed by atoms with Crippen LogP contribution in [0.5, 0.6) is 0 Å². The van der Waals surface area contributed by atoms with Crippen molar-refractivity contribution in [1.29, 1.82) is 0 Å². The molecule has 0 radical (unpaired) electrons. The van der Waals surface area contributed by atoms with Crippen LogP contribution in [-0.4, -0.2) is 31.4 Å². The van der Waals surface area contributed by atoms with Crippen LogP contribution in [0.3, 0.4) is 0 Å². The minimum Gasteiger partial charge on any atom is -0.291 e. The molecule has 1 heterocycles. The lowest BCUT2D eigenvalue weighted by atomic mass is 10.3. The van der Waals surface area contributed by atoms with E-state index in [4.69, 9.17) is 0 Å². The highest BCUT2D eigenvalue weighted by Gasteiger charge is 2.36. The molecule has 0 unspecified atom stereocenters. The number of carbonyl (C=O) groups excluding carboxylic acids is 1. The summed E-state index contributed by atoms with van der Waals surface area (Å²) in [5.74, 6) is -1.52. The monoisotopic (exact) mass is 210 g/mol. The van der Waals surface area contributed by atoms with Gasteiger partial charge in [0.15, 0.2) is 5.82 Å². The Morgan fingerprint density at radius 2 is 2.31 bits per heavy atom. The number of hydrogen-bond donors (Lipinski definition) is 0. The number of tetrazole rings is 1. The first-order valence-electron chi connectivity index (χ1n) is 3.22.